The summed E-state index contributed by atoms with van der Waals surface area (Å²) >= 11 is 3.13. The predicted molar refractivity (Wildman–Crippen MR) is 81.2 cm³/mol. The molecule has 0 bridgehead atoms. The molecular weight excluding hydrogens is 339 g/mol. The lowest BCUT2D eigenvalue weighted by Crippen LogP contribution is -2.15. The van der Waals surface area contributed by atoms with Crippen LogP contribution in [0.2, 0.25) is 0 Å². The maximum absolute atomic E-state index is 14.6. The first-order valence-electron chi connectivity index (χ1n) is 6.02. The SMILES string of the molecule is N/C(=N/O)c1ccc(-n2ncc3ccccc32)c(F)c1Br. The van der Waals surface area contributed by atoms with Gasteiger partial charge in [0.1, 0.15) is 5.69 Å². The summed E-state index contributed by atoms with van der Waals surface area (Å²) in [6.07, 6.45) is 1.67. The molecule has 3 aromatic rings. The number of aromatic nitrogens is 2. The molecule has 0 saturated carbocycles. The number of fused-ring (bicyclic) bond motifs is 1. The summed E-state index contributed by atoms with van der Waals surface area (Å²) in [5.74, 6) is -0.703. The zero-order valence-corrected chi connectivity index (χ0v) is 12.2. The molecule has 0 amide bonds. The van der Waals surface area contributed by atoms with E-state index in [0.29, 0.717) is 0 Å². The molecule has 0 aliphatic heterocycles. The molecule has 0 unspecified atom stereocenters. The van der Waals surface area contributed by atoms with Crippen molar-refractivity contribution in [1.29, 1.82) is 0 Å². The van der Waals surface area contributed by atoms with Crippen LogP contribution in [0.15, 0.2) is 52.2 Å². The highest BCUT2D eigenvalue weighted by atomic mass is 79.9. The highest BCUT2D eigenvalue weighted by Crippen LogP contribution is 2.28. The molecule has 3 rings (SSSR count). The molecular formula is C14H10BrFN4O. The van der Waals surface area contributed by atoms with Gasteiger partial charge in [0.25, 0.3) is 0 Å². The quantitative estimate of drug-likeness (QED) is 0.323. The van der Waals surface area contributed by atoms with Crippen LogP contribution in [0.1, 0.15) is 5.56 Å². The fourth-order valence-corrected chi connectivity index (χ4v) is 2.66. The minimum Gasteiger partial charge on any atom is -0.409 e. The van der Waals surface area contributed by atoms with E-state index in [1.54, 1.807) is 12.3 Å². The van der Waals surface area contributed by atoms with Crippen LogP contribution in [0.4, 0.5) is 4.39 Å². The van der Waals surface area contributed by atoms with Crippen LogP contribution in [-0.4, -0.2) is 20.8 Å². The lowest BCUT2D eigenvalue weighted by Gasteiger charge is -2.09. The Morgan fingerprint density at radius 2 is 2.05 bits per heavy atom. The zero-order chi connectivity index (χ0) is 15.0. The maximum Gasteiger partial charge on any atom is 0.171 e. The standard InChI is InChI=1S/C14H10BrFN4O/c15-12-9(14(17)19-21)5-6-11(13(12)16)20-10-4-2-1-3-8(10)7-18-20/h1-7,21H,(H2,17,19). The summed E-state index contributed by atoms with van der Waals surface area (Å²) in [7, 11) is 0. The lowest BCUT2D eigenvalue weighted by atomic mass is 10.1. The lowest BCUT2D eigenvalue weighted by molar-refractivity contribution is 0.318. The Morgan fingerprint density at radius 3 is 2.81 bits per heavy atom. The zero-order valence-electron chi connectivity index (χ0n) is 10.7. The van der Waals surface area contributed by atoms with Crippen LogP contribution < -0.4 is 5.73 Å². The van der Waals surface area contributed by atoms with E-state index in [9.17, 15) is 4.39 Å². The number of hydrogen-bond acceptors (Lipinski definition) is 3. The highest BCUT2D eigenvalue weighted by Gasteiger charge is 2.16. The fourth-order valence-electron chi connectivity index (χ4n) is 2.12. The summed E-state index contributed by atoms with van der Waals surface area (Å²) in [4.78, 5) is 0. The van der Waals surface area contributed by atoms with E-state index in [4.69, 9.17) is 10.9 Å². The molecule has 106 valence electrons. The van der Waals surface area contributed by atoms with Gasteiger partial charge in [-0.1, -0.05) is 23.4 Å². The Kier molecular flexibility index (Phi) is 3.34. The van der Waals surface area contributed by atoms with Crippen molar-refractivity contribution in [1.82, 2.24) is 9.78 Å². The monoisotopic (exact) mass is 348 g/mol. The molecule has 5 nitrogen and oxygen atoms in total. The van der Waals surface area contributed by atoms with Crippen molar-refractivity contribution in [2.24, 2.45) is 10.9 Å². The maximum atomic E-state index is 14.6. The van der Waals surface area contributed by atoms with Crippen molar-refractivity contribution in [2.45, 2.75) is 0 Å². The average Bonchev–Trinajstić information content (AvgIpc) is 2.93. The first kappa shape index (κ1) is 13.6. The van der Waals surface area contributed by atoms with E-state index in [0.717, 1.165) is 10.9 Å². The normalized spacial score (nSPS) is 12.0. The third-order valence-electron chi connectivity index (χ3n) is 3.15. The molecule has 0 aliphatic rings. The van der Waals surface area contributed by atoms with Crippen LogP contribution in [0.3, 0.4) is 0 Å². The van der Waals surface area contributed by atoms with Crippen molar-refractivity contribution >= 4 is 32.7 Å². The number of nitrogens with two attached hydrogens (primary N) is 1. The second-order valence-electron chi connectivity index (χ2n) is 4.36. The van der Waals surface area contributed by atoms with Crippen molar-refractivity contribution < 1.29 is 9.60 Å². The molecule has 7 heteroatoms. The largest absolute Gasteiger partial charge is 0.409 e. The van der Waals surface area contributed by atoms with Gasteiger partial charge in [-0.2, -0.15) is 5.10 Å². The Balaban J connectivity index is 2.22. The van der Waals surface area contributed by atoms with Gasteiger partial charge >= 0.3 is 0 Å². The fraction of sp³-hybridized carbons (Fsp3) is 0. The van der Waals surface area contributed by atoms with Crippen molar-refractivity contribution in [3.63, 3.8) is 0 Å². The van der Waals surface area contributed by atoms with Crippen LogP contribution >= 0.6 is 15.9 Å². The average molecular weight is 349 g/mol. The number of nitrogens with zero attached hydrogens (tertiary/aromatic N) is 3. The van der Waals surface area contributed by atoms with Gasteiger partial charge in [-0.3, -0.25) is 0 Å². The minimum absolute atomic E-state index is 0.120. The van der Waals surface area contributed by atoms with Gasteiger partial charge in [0.2, 0.25) is 0 Å². The Hall–Kier alpha value is -2.41. The Bertz CT molecular complexity index is 859. The number of halogens is 2. The van der Waals surface area contributed by atoms with Gasteiger partial charge in [-0.15, -0.1) is 0 Å². The van der Waals surface area contributed by atoms with Crippen LogP contribution in [-0.2, 0) is 0 Å². The molecule has 0 radical (unpaired) electrons. The van der Waals surface area contributed by atoms with E-state index >= 15 is 0 Å². The molecule has 0 fully saturated rings. The molecule has 0 aliphatic carbocycles. The van der Waals surface area contributed by atoms with Gasteiger partial charge in [-0.25, -0.2) is 9.07 Å². The van der Waals surface area contributed by atoms with E-state index in [2.05, 4.69) is 26.2 Å². The summed E-state index contributed by atoms with van der Waals surface area (Å²) < 4.78 is 16.2. The minimum atomic E-state index is -0.534. The molecule has 3 N–H and O–H groups in total. The molecule has 21 heavy (non-hydrogen) atoms. The first-order valence-corrected chi connectivity index (χ1v) is 6.82. The second kappa shape index (κ2) is 5.17. The number of benzene rings is 2. The van der Waals surface area contributed by atoms with Crippen molar-refractivity contribution in [2.75, 3.05) is 0 Å². The molecule has 0 atom stereocenters. The highest BCUT2D eigenvalue weighted by molar-refractivity contribution is 9.10. The third-order valence-corrected chi connectivity index (χ3v) is 3.93. The van der Waals surface area contributed by atoms with Gasteiger partial charge in [0.15, 0.2) is 11.7 Å². The Morgan fingerprint density at radius 1 is 1.29 bits per heavy atom. The van der Waals surface area contributed by atoms with Crippen molar-refractivity contribution in [3.05, 3.63) is 58.4 Å². The molecule has 0 spiro atoms. The number of hydrogen-bond donors (Lipinski definition) is 2. The predicted octanol–water partition coefficient (Wildman–Crippen LogP) is 3.02. The van der Waals surface area contributed by atoms with E-state index in [1.165, 1.54) is 10.7 Å². The van der Waals surface area contributed by atoms with Gasteiger partial charge in [-0.05, 0) is 34.1 Å². The van der Waals surface area contributed by atoms with Crippen LogP contribution in [0, 0.1) is 5.82 Å². The molecule has 2 aromatic carbocycles. The molecule has 0 saturated heterocycles. The van der Waals surface area contributed by atoms with Gasteiger partial charge in [0, 0.05) is 10.9 Å². The number of rotatable bonds is 2. The van der Waals surface area contributed by atoms with E-state index in [1.807, 2.05) is 24.3 Å². The van der Waals surface area contributed by atoms with Crippen molar-refractivity contribution in [3.8, 4) is 5.69 Å². The molecule has 1 heterocycles. The number of para-hydroxylation sites is 1. The smallest absolute Gasteiger partial charge is 0.171 e. The van der Waals surface area contributed by atoms with Crippen LogP contribution in [0.5, 0.6) is 0 Å². The number of amidine groups is 1. The third kappa shape index (κ3) is 2.15. The second-order valence-corrected chi connectivity index (χ2v) is 5.15. The van der Waals surface area contributed by atoms with E-state index < -0.39 is 5.82 Å². The number of oxime groups is 1. The van der Waals surface area contributed by atoms with Gasteiger partial charge < -0.3 is 10.9 Å². The molecule has 1 aromatic heterocycles. The summed E-state index contributed by atoms with van der Waals surface area (Å²) in [6.45, 7) is 0. The van der Waals surface area contributed by atoms with Gasteiger partial charge in [0.05, 0.1) is 16.2 Å². The topological polar surface area (TPSA) is 76.4 Å². The van der Waals surface area contributed by atoms with E-state index in [-0.39, 0.29) is 21.6 Å². The van der Waals surface area contributed by atoms with Crippen LogP contribution in [0.25, 0.3) is 16.6 Å². The summed E-state index contributed by atoms with van der Waals surface area (Å²) in [6, 6.07) is 10.6. The first-order chi connectivity index (χ1) is 10.1. The Labute approximate surface area is 127 Å². The summed E-state index contributed by atoms with van der Waals surface area (Å²) in [5.41, 5.74) is 6.84. The summed E-state index contributed by atoms with van der Waals surface area (Å²) in [5, 5.41) is 16.7.